The second kappa shape index (κ2) is 7.91. The number of aliphatic imine (C=N–C) groups is 1. The number of nitrogens with one attached hydrogen (secondary N) is 1. The Morgan fingerprint density at radius 1 is 1.44 bits per heavy atom. The summed E-state index contributed by atoms with van der Waals surface area (Å²) in [5.74, 6) is 1.26. The highest BCUT2D eigenvalue weighted by atomic mass is 79.9. The lowest BCUT2D eigenvalue weighted by Crippen LogP contribution is -2.42. The highest BCUT2D eigenvalue weighted by Gasteiger charge is 2.50. The molecule has 140 valence electrons. The van der Waals surface area contributed by atoms with Crippen LogP contribution in [0.5, 0.6) is 0 Å². The molecule has 1 N–H and O–H groups in total. The molecule has 0 radical (unpaired) electrons. The molecule has 7 heteroatoms. The normalized spacial score (nSPS) is 24.9. The average molecular weight is 462 g/mol. The number of rotatable bonds is 4. The molecule has 1 saturated heterocycles. The van der Waals surface area contributed by atoms with E-state index in [1.807, 2.05) is 36.4 Å². The Balaban J connectivity index is 1.65. The Morgan fingerprint density at radius 3 is 2.96 bits per heavy atom. The van der Waals surface area contributed by atoms with E-state index in [1.165, 1.54) is 4.88 Å². The minimum atomic E-state index is -0.301. The van der Waals surface area contributed by atoms with Gasteiger partial charge >= 0.3 is 0 Å². The molecule has 1 aromatic heterocycles. The van der Waals surface area contributed by atoms with E-state index in [-0.39, 0.29) is 11.4 Å². The fraction of sp³-hybridized carbons (Fsp3) is 0.300. The third kappa shape index (κ3) is 3.78. The molecule has 1 unspecified atom stereocenters. The SMILES string of the molecule is C=CCN1C[C@H]2CSC(NC(=O)c3ccccc3)=NC2(c2cc(Br)cs2)C1. The number of thiophene rings is 1. The summed E-state index contributed by atoms with van der Waals surface area (Å²) in [5, 5.41) is 5.85. The van der Waals surface area contributed by atoms with Crippen LogP contribution in [0.25, 0.3) is 0 Å². The zero-order valence-corrected chi connectivity index (χ0v) is 17.9. The van der Waals surface area contributed by atoms with Gasteiger partial charge < -0.3 is 5.32 Å². The van der Waals surface area contributed by atoms with E-state index in [2.05, 4.69) is 44.2 Å². The summed E-state index contributed by atoms with van der Waals surface area (Å²) in [6.07, 6.45) is 1.95. The largest absolute Gasteiger partial charge is 0.301 e. The van der Waals surface area contributed by atoms with Crippen LogP contribution in [0.3, 0.4) is 0 Å². The molecule has 2 aliphatic heterocycles. The molecule has 2 aliphatic rings. The van der Waals surface area contributed by atoms with E-state index in [1.54, 1.807) is 23.1 Å². The number of thioether (sulfide) groups is 1. The van der Waals surface area contributed by atoms with Crippen LogP contribution >= 0.6 is 39.0 Å². The number of carbonyl (C=O) groups is 1. The molecule has 1 aromatic carbocycles. The van der Waals surface area contributed by atoms with Gasteiger partial charge in [-0.3, -0.25) is 9.69 Å². The molecule has 1 amide bonds. The maximum Gasteiger partial charge on any atom is 0.257 e. The topological polar surface area (TPSA) is 44.7 Å². The number of benzene rings is 1. The van der Waals surface area contributed by atoms with E-state index in [9.17, 15) is 4.79 Å². The molecule has 4 rings (SSSR count). The van der Waals surface area contributed by atoms with Crippen LogP contribution in [0.4, 0.5) is 0 Å². The second-order valence-corrected chi connectivity index (χ2v) is 9.62. The number of fused-ring (bicyclic) bond motifs is 1. The van der Waals surface area contributed by atoms with Crippen molar-refractivity contribution in [2.24, 2.45) is 10.9 Å². The number of carbonyl (C=O) groups excluding carboxylic acids is 1. The first kappa shape index (κ1) is 18.9. The number of hydrogen-bond acceptors (Lipinski definition) is 5. The van der Waals surface area contributed by atoms with Gasteiger partial charge in [-0.1, -0.05) is 36.0 Å². The van der Waals surface area contributed by atoms with E-state index in [0.717, 1.165) is 29.9 Å². The van der Waals surface area contributed by atoms with Crippen LogP contribution < -0.4 is 5.32 Å². The van der Waals surface area contributed by atoms with Gasteiger partial charge in [0.25, 0.3) is 5.91 Å². The first-order valence-electron chi connectivity index (χ1n) is 8.77. The smallest absolute Gasteiger partial charge is 0.257 e. The van der Waals surface area contributed by atoms with Crippen LogP contribution in [0.1, 0.15) is 15.2 Å². The summed E-state index contributed by atoms with van der Waals surface area (Å²) >= 11 is 6.96. The summed E-state index contributed by atoms with van der Waals surface area (Å²) in [7, 11) is 0. The Bertz CT molecular complexity index is 882. The number of amides is 1. The Labute approximate surface area is 175 Å². The molecule has 1 fully saturated rings. The first-order valence-corrected chi connectivity index (χ1v) is 11.4. The summed E-state index contributed by atoms with van der Waals surface area (Å²) in [6.45, 7) is 6.59. The van der Waals surface area contributed by atoms with E-state index < -0.39 is 0 Å². The quantitative estimate of drug-likeness (QED) is 0.687. The Kier molecular flexibility index (Phi) is 5.55. The van der Waals surface area contributed by atoms with Crippen molar-refractivity contribution in [2.45, 2.75) is 5.54 Å². The van der Waals surface area contributed by atoms with Gasteiger partial charge in [-0.05, 0) is 34.1 Å². The van der Waals surface area contributed by atoms with Crippen LogP contribution in [-0.4, -0.2) is 41.4 Å². The van der Waals surface area contributed by atoms with Crippen molar-refractivity contribution in [3.05, 3.63) is 69.3 Å². The third-order valence-electron chi connectivity index (χ3n) is 4.98. The van der Waals surface area contributed by atoms with Crippen molar-refractivity contribution in [1.29, 1.82) is 0 Å². The van der Waals surface area contributed by atoms with Gasteiger partial charge in [0.05, 0.1) is 0 Å². The highest BCUT2D eigenvalue weighted by Crippen LogP contribution is 2.48. The summed E-state index contributed by atoms with van der Waals surface area (Å²) in [4.78, 5) is 21.3. The van der Waals surface area contributed by atoms with Gasteiger partial charge in [-0.2, -0.15) is 0 Å². The van der Waals surface area contributed by atoms with Crippen molar-refractivity contribution in [3.63, 3.8) is 0 Å². The molecule has 3 heterocycles. The van der Waals surface area contributed by atoms with Crippen LogP contribution in [0.2, 0.25) is 0 Å². The summed E-state index contributed by atoms with van der Waals surface area (Å²) < 4.78 is 1.08. The van der Waals surface area contributed by atoms with E-state index >= 15 is 0 Å². The number of amidine groups is 1. The molecule has 0 aliphatic carbocycles. The maximum absolute atomic E-state index is 12.6. The Hall–Kier alpha value is -1.41. The van der Waals surface area contributed by atoms with Crippen molar-refractivity contribution in [2.75, 3.05) is 25.4 Å². The van der Waals surface area contributed by atoms with Gasteiger partial charge in [0.15, 0.2) is 5.17 Å². The molecule has 2 aromatic rings. The lowest BCUT2D eigenvalue weighted by atomic mass is 9.87. The van der Waals surface area contributed by atoms with Crippen molar-refractivity contribution in [1.82, 2.24) is 10.2 Å². The Morgan fingerprint density at radius 2 is 2.26 bits per heavy atom. The number of likely N-dealkylation sites (tertiary alicyclic amines) is 1. The summed E-state index contributed by atoms with van der Waals surface area (Å²) in [5.41, 5.74) is 0.347. The number of nitrogens with zero attached hydrogens (tertiary/aromatic N) is 2. The number of hydrogen-bond donors (Lipinski definition) is 1. The predicted octanol–water partition coefficient (Wildman–Crippen LogP) is 4.36. The predicted molar refractivity (Wildman–Crippen MR) is 118 cm³/mol. The van der Waals surface area contributed by atoms with Crippen LogP contribution in [-0.2, 0) is 5.54 Å². The van der Waals surface area contributed by atoms with Crippen molar-refractivity contribution in [3.8, 4) is 0 Å². The summed E-state index contributed by atoms with van der Waals surface area (Å²) in [6, 6.07) is 11.5. The fourth-order valence-corrected chi connectivity index (χ4v) is 6.50. The lowest BCUT2D eigenvalue weighted by Gasteiger charge is -2.34. The van der Waals surface area contributed by atoms with Gasteiger partial charge in [0.2, 0.25) is 0 Å². The molecular formula is C20H20BrN3OS2. The lowest BCUT2D eigenvalue weighted by molar-refractivity contribution is 0.0977. The van der Waals surface area contributed by atoms with Crippen molar-refractivity contribution < 1.29 is 4.79 Å². The minimum absolute atomic E-state index is 0.108. The average Bonchev–Trinajstić information content (AvgIpc) is 3.26. The van der Waals surface area contributed by atoms with E-state index in [4.69, 9.17) is 4.99 Å². The monoisotopic (exact) mass is 461 g/mol. The molecular weight excluding hydrogens is 442 g/mol. The minimum Gasteiger partial charge on any atom is -0.301 e. The van der Waals surface area contributed by atoms with Gasteiger partial charge in [-0.15, -0.1) is 17.9 Å². The molecule has 27 heavy (non-hydrogen) atoms. The maximum atomic E-state index is 12.6. The second-order valence-electron chi connectivity index (χ2n) is 6.78. The molecule has 0 saturated carbocycles. The van der Waals surface area contributed by atoms with Crippen LogP contribution in [0, 0.1) is 5.92 Å². The molecule has 4 nitrogen and oxygen atoms in total. The fourth-order valence-electron chi connectivity index (χ4n) is 3.73. The third-order valence-corrected chi connectivity index (χ3v) is 7.87. The van der Waals surface area contributed by atoms with Crippen molar-refractivity contribution >= 4 is 50.1 Å². The molecule has 0 bridgehead atoms. The van der Waals surface area contributed by atoms with Gasteiger partial charge in [0, 0.05) is 51.6 Å². The van der Waals surface area contributed by atoms with Crippen LogP contribution in [0.15, 0.2) is 63.9 Å². The first-order chi connectivity index (χ1) is 13.1. The zero-order chi connectivity index (χ0) is 18.9. The van der Waals surface area contributed by atoms with E-state index in [0.29, 0.717) is 16.6 Å². The zero-order valence-electron chi connectivity index (χ0n) is 14.7. The highest BCUT2D eigenvalue weighted by molar-refractivity contribution is 9.10. The molecule has 2 atom stereocenters. The molecule has 0 spiro atoms. The van der Waals surface area contributed by atoms with Gasteiger partial charge in [0.1, 0.15) is 5.54 Å². The number of halogens is 1. The standard InChI is InChI=1S/C20H20BrN3OS2/c1-2-8-24-10-15-11-27-19(22-18(25)14-6-4-3-5-7-14)23-20(15,13-24)17-9-16(21)12-26-17/h2-7,9,12,15H,1,8,10-11,13H2,(H,22,23,25)/t15-,20?/m0/s1. The van der Waals surface area contributed by atoms with Gasteiger partial charge in [-0.25, -0.2) is 4.99 Å².